The Morgan fingerprint density at radius 1 is 1.19 bits per heavy atom. The van der Waals surface area contributed by atoms with Crippen LogP contribution in [0.2, 0.25) is 5.02 Å². The van der Waals surface area contributed by atoms with E-state index < -0.39 is 6.17 Å². The highest BCUT2D eigenvalue weighted by molar-refractivity contribution is 6.30. The lowest BCUT2D eigenvalue weighted by Gasteiger charge is -2.28. The van der Waals surface area contributed by atoms with Gasteiger partial charge in [-0.15, -0.1) is 0 Å². The summed E-state index contributed by atoms with van der Waals surface area (Å²) in [4.78, 5) is 15.4. The van der Waals surface area contributed by atoms with Crippen molar-refractivity contribution < 1.29 is 13.9 Å². The summed E-state index contributed by atoms with van der Waals surface area (Å²) in [6.45, 7) is 4.68. The van der Waals surface area contributed by atoms with Gasteiger partial charge in [-0.3, -0.25) is 0 Å². The predicted octanol–water partition coefficient (Wildman–Crippen LogP) is 4.10. The Bertz CT molecular complexity index is 1040. The number of rotatable bonds is 6. The average Bonchev–Trinajstić information content (AvgIpc) is 2.79. The Kier molecular flexibility index (Phi) is 6.60. The van der Waals surface area contributed by atoms with Crippen molar-refractivity contribution in [3.05, 3.63) is 59.0 Å². The lowest BCUT2D eigenvalue weighted by atomic mass is 10.1. The molecule has 0 saturated carbocycles. The molecule has 4 rings (SSSR count). The maximum Gasteiger partial charge on any atom is 0.162 e. The van der Waals surface area contributed by atoms with Crippen LogP contribution in [-0.2, 0) is 4.74 Å². The predicted molar refractivity (Wildman–Crippen MR) is 117 cm³/mol. The number of aryl methyl sites for hydroxylation is 1. The first kappa shape index (κ1) is 21.4. The molecule has 31 heavy (non-hydrogen) atoms. The standard InChI is InChI=1S/C22H23ClFN5O2/c1-14-8-17(10-21(28-14)29-4-6-30-7-5-29)31-20-9-16(23)2-3-18(20)22-26-12-15(13-27-22)19(24)11-25/h2-3,8-10,12-13,19H,4-7,11,25H2,1H3. The van der Waals surface area contributed by atoms with Crippen molar-refractivity contribution in [1.29, 1.82) is 0 Å². The monoisotopic (exact) mass is 443 g/mol. The Labute approximate surface area is 185 Å². The van der Waals surface area contributed by atoms with E-state index in [0.717, 1.165) is 24.6 Å². The van der Waals surface area contributed by atoms with Crippen LogP contribution in [-0.4, -0.2) is 47.8 Å². The summed E-state index contributed by atoms with van der Waals surface area (Å²) in [5, 5.41) is 0.515. The number of ether oxygens (including phenoxy) is 2. The van der Waals surface area contributed by atoms with E-state index in [1.54, 1.807) is 18.2 Å². The molecule has 0 radical (unpaired) electrons. The lowest BCUT2D eigenvalue weighted by Crippen LogP contribution is -2.36. The van der Waals surface area contributed by atoms with E-state index in [0.29, 0.717) is 46.7 Å². The van der Waals surface area contributed by atoms with Crippen LogP contribution < -0.4 is 15.4 Å². The zero-order valence-corrected chi connectivity index (χ0v) is 17.8. The number of nitrogens with two attached hydrogens (primary N) is 1. The number of halogens is 2. The third-order valence-corrected chi connectivity index (χ3v) is 5.14. The molecule has 1 fully saturated rings. The molecule has 0 bridgehead atoms. The highest BCUT2D eigenvalue weighted by atomic mass is 35.5. The molecule has 9 heteroatoms. The van der Waals surface area contributed by atoms with Crippen LogP contribution in [0, 0.1) is 6.92 Å². The van der Waals surface area contributed by atoms with E-state index >= 15 is 0 Å². The summed E-state index contributed by atoms with van der Waals surface area (Å²) in [5.41, 5.74) is 7.19. The van der Waals surface area contributed by atoms with Gasteiger partial charge in [-0.2, -0.15) is 0 Å². The van der Waals surface area contributed by atoms with Crippen LogP contribution >= 0.6 is 11.6 Å². The van der Waals surface area contributed by atoms with Gasteiger partial charge in [0.2, 0.25) is 0 Å². The zero-order valence-electron chi connectivity index (χ0n) is 17.1. The van der Waals surface area contributed by atoms with Crippen molar-refractivity contribution in [3.8, 4) is 22.9 Å². The van der Waals surface area contributed by atoms with Gasteiger partial charge in [0, 0.05) is 66.5 Å². The van der Waals surface area contributed by atoms with E-state index in [-0.39, 0.29) is 6.54 Å². The smallest absolute Gasteiger partial charge is 0.162 e. The molecule has 0 aliphatic carbocycles. The van der Waals surface area contributed by atoms with Gasteiger partial charge in [0.25, 0.3) is 0 Å². The fourth-order valence-corrected chi connectivity index (χ4v) is 3.46. The molecule has 2 N–H and O–H groups in total. The van der Waals surface area contributed by atoms with Gasteiger partial charge < -0.3 is 20.1 Å². The molecular formula is C22H23ClFN5O2. The van der Waals surface area contributed by atoms with Crippen molar-refractivity contribution in [2.45, 2.75) is 13.1 Å². The van der Waals surface area contributed by atoms with Gasteiger partial charge in [0.05, 0.1) is 18.8 Å². The topological polar surface area (TPSA) is 86.4 Å². The van der Waals surface area contributed by atoms with Crippen LogP contribution in [0.4, 0.5) is 10.2 Å². The van der Waals surface area contributed by atoms with Crippen molar-refractivity contribution in [2.24, 2.45) is 5.73 Å². The number of morpholine rings is 1. The molecule has 2 aromatic heterocycles. The SMILES string of the molecule is Cc1cc(Oc2cc(Cl)ccc2-c2ncc(C(F)CN)cn2)cc(N2CCOCC2)n1. The minimum Gasteiger partial charge on any atom is -0.456 e. The minimum atomic E-state index is -1.30. The minimum absolute atomic E-state index is 0.120. The first-order chi connectivity index (χ1) is 15.0. The number of anilines is 1. The van der Waals surface area contributed by atoms with Gasteiger partial charge in [0.1, 0.15) is 23.5 Å². The molecule has 3 heterocycles. The fourth-order valence-electron chi connectivity index (χ4n) is 3.30. The second-order valence-electron chi connectivity index (χ2n) is 7.19. The number of alkyl halides is 1. The van der Waals surface area contributed by atoms with Gasteiger partial charge in [-0.05, 0) is 19.1 Å². The second kappa shape index (κ2) is 9.55. The van der Waals surface area contributed by atoms with Crippen molar-refractivity contribution in [2.75, 3.05) is 37.7 Å². The number of benzene rings is 1. The van der Waals surface area contributed by atoms with Crippen molar-refractivity contribution in [3.63, 3.8) is 0 Å². The lowest BCUT2D eigenvalue weighted by molar-refractivity contribution is 0.122. The van der Waals surface area contributed by atoms with Crippen molar-refractivity contribution >= 4 is 17.4 Å². The van der Waals surface area contributed by atoms with Gasteiger partial charge in [-0.1, -0.05) is 11.6 Å². The molecule has 0 spiro atoms. The maximum atomic E-state index is 13.8. The van der Waals surface area contributed by atoms with Crippen LogP contribution in [0.15, 0.2) is 42.7 Å². The molecule has 1 aromatic carbocycles. The number of nitrogens with zero attached hydrogens (tertiary/aromatic N) is 4. The van der Waals surface area contributed by atoms with Gasteiger partial charge in [0.15, 0.2) is 5.82 Å². The van der Waals surface area contributed by atoms with E-state index in [1.165, 1.54) is 12.4 Å². The second-order valence-corrected chi connectivity index (χ2v) is 7.62. The molecule has 1 atom stereocenters. The van der Waals surface area contributed by atoms with Crippen LogP contribution in [0.3, 0.4) is 0 Å². The van der Waals surface area contributed by atoms with Crippen LogP contribution in [0.5, 0.6) is 11.5 Å². The molecule has 0 amide bonds. The first-order valence-electron chi connectivity index (χ1n) is 9.98. The van der Waals surface area contributed by atoms with Crippen LogP contribution in [0.1, 0.15) is 17.4 Å². The summed E-state index contributed by atoms with van der Waals surface area (Å²) in [7, 11) is 0. The van der Waals surface area contributed by atoms with Crippen LogP contribution in [0.25, 0.3) is 11.4 Å². The molecule has 1 aliphatic heterocycles. The average molecular weight is 444 g/mol. The summed E-state index contributed by atoms with van der Waals surface area (Å²) in [6.07, 6.45) is 1.57. The summed E-state index contributed by atoms with van der Waals surface area (Å²) in [6, 6.07) is 8.96. The van der Waals surface area contributed by atoms with E-state index in [2.05, 4.69) is 19.9 Å². The Morgan fingerprint density at radius 3 is 2.65 bits per heavy atom. The molecule has 1 aliphatic rings. The van der Waals surface area contributed by atoms with E-state index in [1.807, 2.05) is 19.1 Å². The summed E-state index contributed by atoms with van der Waals surface area (Å²) in [5.74, 6) is 2.35. The Balaban J connectivity index is 1.65. The van der Waals surface area contributed by atoms with Gasteiger partial charge >= 0.3 is 0 Å². The molecule has 1 unspecified atom stereocenters. The number of aromatic nitrogens is 3. The Morgan fingerprint density at radius 2 is 1.94 bits per heavy atom. The van der Waals surface area contributed by atoms with E-state index in [9.17, 15) is 4.39 Å². The maximum absolute atomic E-state index is 13.8. The molecule has 1 saturated heterocycles. The number of pyridine rings is 1. The Hall–Kier alpha value is -2.81. The molecule has 7 nitrogen and oxygen atoms in total. The van der Waals surface area contributed by atoms with Crippen molar-refractivity contribution in [1.82, 2.24) is 15.0 Å². The third kappa shape index (κ3) is 5.10. The molecular weight excluding hydrogens is 421 g/mol. The quantitative estimate of drug-likeness (QED) is 0.613. The third-order valence-electron chi connectivity index (χ3n) is 4.90. The number of hydrogen-bond donors (Lipinski definition) is 1. The summed E-state index contributed by atoms with van der Waals surface area (Å²) >= 11 is 6.22. The highest BCUT2D eigenvalue weighted by Crippen LogP contribution is 2.35. The highest BCUT2D eigenvalue weighted by Gasteiger charge is 2.17. The molecule has 3 aromatic rings. The van der Waals surface area contributed by atoms with Gasteiger partial charge in [-0.25, -0.2) is 19.3 Å². The normalized spacial score (nSPS) is 15.0. The van der Waals surface area contributed by atoms with E-state index in [4.69, 9.17) is 26.8 Å². The number of hydrogen-bond acceptors (Lipinski definition) is 7. The summed E-state index contributed by atoms with van der Waals surface area (Å²) < 4.78 is 25.4. The first-order valence-corrected chi connectivity index (χ1v) is 10.4. The largest absolute Gasteiger partial charge is 0.456 e. The molecule has 162 valence electrons. The zero-order chi connectivity index (χ0) is 21.8. The fraction of sp³-hybridized carbons (Fsp3) is 0.318.